The Bertz CT molecular complexity index is 1000. The highest BCUT2D eigenvalue weighted by molar-refractivity contribution is 6.34. The molecule has 1 heterocycles. The molecular formula is C21H20ClN3O5. The summed E-state index contributed by atoms with van der Waals surface area (Å²) in [5.41, 5.74) is 1.72. The number of nitrogens with one attached hydrogen (secondary N) is 2. The van der Waals surface area contributed by atoms with Crippen LogP contribution in [0.3, 0.4) is 0 Å². The van der Waals surface area contributed by atoms with Gasteiger partial charge in [-0.1, -0.05) is 23.7 Å². The van der Waals surface area contributed by atoms with Crippen LogP contribution < -0.4 is 10.6 Å². The second kappa shape index (κ2) is 9.43. The monoisotopic (exact) mass is 429 g/mol. The van der Waals surface area contributed by atoms with Gasteiger partial charge in [-0.2, -0.15) is 0 Å². The normalized spacial score (nSPS) is 13.4. The fourth-order valence-corrected chi connectivity index (χ4v) is 3.20. The first-order valence-electron chi connectivity index (χ1n) is 9.09. The standard InChI is InChI=1S/C21H20ClN3O5/c1-30-21(29)16-12-25(10-11-26)20(28)18(16)23-13-6-8-14(9-7-13)24-19(27)15-4-2-3-5-17(15)22/h2-9,23,26H,10-12H2,1H3,(H,24,27). The summed E-state index contributed by atoms with van der Waals surface area (Å²) in [4.78, 5) is 38.3. The van der Waals surface area contributed by atoms with Gasteiger partial charge in [0.05, 0.1) is 36.4 Å². The smallest absolute Gasteiger partial charge is 0.337 e. The van der Waals surface area contributed by atoms with Crippen molar-refractivity contribution in [1.82, 2.24) is 4.90 Å². The molecule has 0 atom stereocenters. The minimum Gasteiger partial charge on any atom is -0.466 e. The summed E-state index contributed by atoms with van der Waals surface area (Å²) in [5.74, 6) is -1.36. The van der Waals surface area contributed by atoms with E-state index in [1.54, 1.807) is 48.5 Å². The van der Waals surface area contributed by atoms with Crippen molar-refractivity contribution >= 4 is 40.8 Å². The molecule has 2 aromatic rings. The molecule has 3 N–H and O–H groups in total. The highest BCUT2D eigenvalue weighted by atomic mass is 35.5. The number of amides is 2. The highest BCUT2D eigenvalue weighted by Crippen LogP contribution is 2.24. The molecule has 8 nitrogen and oxygen atoms in total. The Kier molecular flexibility index (Phi) is 6.71. The van der Waals surface area contributed by atoms with Gasteiger partial charge in [-0.25, -0.2) is 4.79 Å². The molecule has 0 spiro atoms. The van der Waals surface area contributed by atoms with Gasteiger partial charge in [-0.05, 0) is 36.4 Å². The summed E-state index contributed by atoms with van der Waals surface area (Å²) in [6.45, 7) is -0.0504. The van der Waals surface area contributed by atoms with Crippen LogP contribution in [0.1, 0.15) is 10.4 Å². The van der Waals surface area contributed by atoms with Gasteiger partial charge in [0.15, 0.2) is 0 Å². The molecule has 1 aliphatic heterocycles. The van der Waals surface area contributed by atoms with Crippen LogP contribution in [0.4, 0.5) is 11.4 Å². The molecule has 0 aromatic heterocycles. The number of methoxy groups -OCH3 is 1. The average molecular weight is 430 g/mol. The molecule has 0 aliphatic carbocycles. The minimum absolute atomic E-state index is 0.0559. The Morgan fingerprint density at radius 2 is 1.80 bits per heavy atom. The summed E-state index contributed by atoms with van der Waals surface area (Å²) in [6, 6.07) is 13.3. The lowest BCUT2D eigenvalue weighted by molar-refractivity contribution is -0.136. The predicted molar refractivity (Wildman–Crippen MR) is 112 cm³/mol. The molecule has 2 amide bonds. The van der Waals surface area contributed by atoms with Crippen molar-refractivity contribution in [3.8, 4) is 0 Å². The molecule has 2 aromatic carbocycles. The van der Waals surface area contributed by atoms with E-state index < -0.39 is 11.9 Å². The van der Waals surface area contributed by atoms with Crippen LogP contribution in [-0.4, -0.2) is 54.6 Å². The maximum absolute atomic E-state index is 12.5. The summed E-state index contributed by atoms with van der Waals surface area (Å²) >= 11 is 6.04. The lowest BCUT2D eigenvalue weighted by Gasteiger charge is -2.15. The van der Waals surface area contributed by atoms with Crippen LogP contribution in [0.5, 0.6) is 0 Å². The van der Waals surface area contributed by atoms with Crippen molar-refractivity contribution in [2.24, 2.45) is 0 Å². The van der Waals surface area contributed by atoms with Crippen LogP contribution >= 0.6 is 11.6 Å². The van der Waals surface area contributed by atoms with Gasteiger partial charge >= 0.3 is 5.97 Å². The zero-order chi connectivity index (χ0) is 21.7. The highest BCUT2D eigenvalue weighted by Gasteiger charge is 2.34. The van der Waals surface area contributed by atoms with Crippen molar-refractivity contribution in [3.05, 3.63) is 70.4 Å². The van der Waals surface area contributed by atoms with Crippen LogP contribution in [0.15, 0.2) is 59.8 Å². The van der Waals surface area contributed by atoms with Crippen molar-refractivity contribution in [1.29, 1.82) is 0 Å². The average Bonchev–Trinajstić information content (AvgIpc) is 3.05. The molecule has 1 aliphatic rings. The van der Waals surface area contributed by atoms with Crippen LogP contribution in [0.25, 0.3) is 0 Å². The first-order valence-corrected chi connectivity index (χ1v) is 9.47. The molecule has 0 bridgehead atoms. The van der Waals surface area contributed by atoms with Crippen molar-refractivity contribution in [2.45, 2.75) is 0 Å². The van der Waals surface area contributed by atoms with Crippen LogP contribution in [-0.2, 0) is 14.3 Å². The first kappa shape index (κ1) is 21.4. The zero-order valence-electron chi connectivity index (χ0n) is 16.1. The number of β-amino-alcohol motifs (C(OH)–C–C–N with tert-alkyl or cyclic N) is 1. The maximum atomic E-state index is 12.5. The fraction of sp³-hybridized carbons (Fsp3) is 0.190. The van der Waals surface area contributed by atoms with E-state index in [2.05, 4.69) is 10.6 Å². The Labute approximate surface area is 178 Å². The number of benzene rings is 2. The van der Waals surface area contributed by atoms with Gasteiger partial charge < -0.3 is 25.4 Å². The number of hydrogen-bond donors (Lipinski definition) is 3. The summed E-state index contributed by atoms with van der Waals surface area (Å²) < 4.78 is 4.75. The van der Waals surface area contributed by atoms with Gasteiger partial charge in [-0.15, -0.1) is 0 Å². The molecule has 30 heavy (non-hydrogen) atoms. The van der Waals surface area contributed by atoms with Crippen molar-refractivity contribution in [3.63, 3.8) is 0 Å². The second-order valence-electron chi connectivity index (χ2n) is 6.43. The molecule has 0 saturated heterocycles. The third kappa shape index (κ3) is 4.61. The van der Waals surface area contributed by atoms with Crippen molar-refractivity contribution in [2.75, 3.05) is 37.4 Å². The first-order chi connectivity index (χ1) is 14.4. The molecule has 0 saturated carbocycles. The number of carbonyl (C=O) groups excluding carboxylic acids is 3. The van der Waals surface area contributed by atoms with E-state index in [0.29, 0.717) is 22.0 Å². The van der Waals surface area contributed by atoms with E-state index >= 15 is 0 Å². The van der Waals surface area contributed by atoms with E-state index in [1.165, 1.54) is 12.0 Å². The fourth-order valence-electron chi connectivity index (χ4n) is 2.97. The lowest BCUT2D eigenvalue weighted by Crippen LogP contribution is -2.31. The van der Waals surface area contributed by atoms with Gasteiger partial charge in [0.2, 0.25) is 0 Å². The number of rotatable bonds is 7. The lowest BCUT2D eigenvalue weighted by atomic mass is 10.2. The topological polar surface area (TPSA) is 108 Å². The van der Waals surface area contributed by atoms with Gasteiger partial charge in [0.1, 0.15) is 5.70 Å². The third-order valence-corrected chi connectivity index (χ3v) is 4.81. The van der Waals surface area contributed by atoms with E-state index in [1.807, 2.05) is 0 Å². The third-order valence-electron chi connectivity index (χ3n) is 4.48. The quantitative estimate of drug-likeness (QED) is 0.583. The van der Waals surface area contributed by atoms with Gasteiger partial charge in [0.25, 0.3) is 11.8 Å². The Hall–Kier alpha value is -3.36. The van der Waals surface area contributed by atoms with Crippen LogP contribution in [0.2, 0.25) is 5.02 Å². The number of nitrogens with zero attached hydrogens (tertiary/aromatic N) is 1. The Morgan fingerprint density at radius 3 is 2.43 bits per heavy atom. The number of anilines is 2. The number of hydrogen-bond acceptors (Lipinski definition) is 6. The SMILES string of the molecule is COC(=O)C1=C(Nc2ccc(NC(=O)c3ccccc3Cl)cc2)C(=O)N(CCO)C1. The van der Waals surface area contributed by atoms with Gasteiger partial charge in [-0.3, -0.25) is 9.59 Å². The number of aliphatic hydroxyl groups is 1. The summed E-state index contributed by atoms with van der Waals surface area (Å²) in [5, 5.41) is 15.1. The Morgan fingerprint density at radius 1 is 1.13 bits per heavy atom. The Balaban J connectivity index is 1.74. The number of esters is 1. The number of carbonyl (C=O) groups is 3. The molecule has 9 heteroatoms. The molecule has 3 rings (SSSR count). The van der Waals surface area contributed by atoms with E-state index in [-0.39, 0.29) is 36.9 Å². The predicted octanol–water partition coefficient (Wildman–Crippen LogP) is 2.27. The zero-order valence-corrected chi connectivity index (χ0v) is 16.9. The van der Waals surface area contributed by atoms with Gasteiger partial charge in [0, 0.05) is 17.9 Å². The van der Waals surface area contributed by atoms with E-state index in [4.69, 9.17) is 21.4 Å². The number of ether oxygens (including phenoxy) is 1. The minimum atomic E-state index is -0.616. The summed E-state index contributed by atoms with van der Waals surface area (Å²) in [6.07, 6.45) is 0. The molecule has 0 unspecified atom stereocenters. The summed E-state index contributed by atoms with van der Waals surface area (Å²) in [7, 11) is 1.24. The molecular weight excluding hydrogens is 410 g/mol. The molecule has 0 fully saturated rings. The number of halogens is 1. The second-order valence-corrected chi connectivity index (χ2v) is 6.84. The van der Waals surface area contributed by atoms with E-state index in [0.717, 1.165) is 0 Å². The largest absolute Gasteiger partial charge is 0.466 e. The molecule has 0 radical (unpaired) electrons. The number of aliphatic hydroxyl groups excluding tert-OH is 1. The molecule has 156 valence electrons. The maximum Gasteiger partial charge on any atom is 0.337 e. The van der Waals surface area contributed by atoms with E-state index in [9.17, 15) is 14.4 Å². The van der Waals surface area contributed by atoms with Crippen molar-refractivity contribution < 1.29 is 24.2 Å². The van der Waals surface area contributed by atoms with Crippen LogP contribution in [0, 0.1) is 0 Å².